The minimum atomic E-state index is -0.821. The van der Waals surface area contributed by atoms with E-state index in [-0.39, 0.29) is 12.4 Å². The number of fused-ring (bicyclic) bond motifs is 2. The van der Waals surface area contributed by atoms with E-state index in [1.807, 2.05) is 12.1 Å². The van der Waals surface area contributed by atoms with E-state index in [1.165, 1.54) is 0 Å². The van der Waals surface area contributed by atoms with Crippen LogP contribution in [0.5, 0.6) is 28.7 Å². The molecule has 1 heterocycles. The van der Waals surface area contributed by atoms with Gasteiger partial charge in [0.1, 0.15) is 6.61 Å². The largest absolute Gasteiger partial charge is 0.514 e. The van der Waals surface area contributed by atoms with Crippen LogP contribution in [0, 0.1) is 0 Å². The van der Waals surface area contributed by atoms with Gasteiger partial charge in [-0.05, 0) is 36.8 Å². The first kappa shape index (κ1) is 14.0. The summed E-state index contributed by atoms with van der Waals surface area (Å²) >= 11 is 0. The van der Waals surface area contributed by atoms with Gasteiger partial charge in [-0.2, -0.15) is 0 Å². The fraction of sp³-hybridized carbons (Fsp3) is 0.118. The van der Waals surface area contributed by atoms with Crippen LogP contribution in [0.4, 0.5) is 4.79 Å². The maximum Gasteiger partial charge on any atom is 0.514 e. The maximum atomic E-state index is 11.7. The van der Waals surface area contributed by atoms with Gasteiger partial charge in [-0.15, -0.1) is 0 Å². The van der Waals surface area contributed by atoms with Gasteiger partial charge in [0.15, 0.2) is 23.0 Å². The third kappa shape index (κ3) is 2.88. The van der Waals surface area contributed by atoms with Crippen molar-refractivity contribution >= 4 is 6.16 Å². The third-order valence-electron chi connectivity index (χ3n) is 2.85. The second-order valence-electron chi connectivity index (χ2n) is 4.83. The molecule has 0 N–H and O–H groups in total. The van der Waals surface area contributed by atoms with Crippen LogP contribution in [0.2, 0.25) is 0 Å². The van der Waals surface area contributed by atoms with E-state index < -0.39 is 6.16 Å². The zero-order chi connectivity index (χ0) is 15.5. The quantitative estimate of drug-likeness (QED) is 0.399. The fourth-order valence-electron chi connectivity index (χ4n) is 1.91. The van der Waals surface area contributed by atoms with Crippen molar-refractivity contribution < 1.29 is 23.7 Å². The second kappa shape index (κ2) is 5.81. The number of hydrogen-bond acceptors (Lipinski definition) is 5. The van der Waals surface area contributed by atoms with Gasteiger partial charge in [0.2, 0.25) is 5.75 Å². The first-order valence-electron chi connectivity index (χ1n) is 6.70. The molecule has 0 atom stereocenters. The Morgan fingerprint density at radius 1 is 1.05 bits per heavy atom. The average Bonchev–Trinajstić information content (AvgIpc) is 2.51. The second-order valence-corrected chi connectivity index (χ2v) is 4.83. The molecule has 0 saturated carbocycles. The van der Waals surface area contributed by atoms with Crippen LogP contribution in [0.15, 0.2) is 54.6 Å². The normalized spacial score (nSPS) is 11.3. The molecule has 0 unspecified atom stereocenters. The van der Waals surface area contributed by atoms with Gasteiger partial charge in [-0.1, -0.05) is 24.8 Å². The van der Waals surface area contributed by atoms with Gasteiger partial charge in [-0.3, -0.25) is 0 Å². The molecule has 22 heavy (non-hydrogen) atoms. The molecule has 3 rings (SSSR count). The maximum absolute atomic E-state index is 11.7. The highest BCUT2D eigenvalue weighted by molar-refractivity contribution is 5.68. The van der Waals surface area contributed by atoms with E-state index >= 15 is 0 Å². The van der Waals surface area contributed by atoms with Gasteiger partial charge in [-0.25, -0.2) is 4.79 Å². The van der Waals surface area contributed by atoms with E-state index in [9.17, 15) is 4.79 Å². The number of rotatable bonds is 3. The number of benzene rings is 2. The lowest BCUT2D eigenvalue weighted by Crippen LogP contribution is -2.13. The molecule has 0 bridgehead atoms. The van der Waals surface area contributed by atoms with Crippen LogP contribution in [0.1, 0.15) is 6.92 Å². The molecular weight excluding hydrogens is 284 g/mol. The highest BCUT2D eigenvalue weighted by Crippen LogP contribution is 2.49. The highest BCUT2D eigenvalue weighted by Gasteiger charge is 2.23. The lowest BCUT2D eigenvalue weighted by atomic mass is 10.2. The van der Waals surface area contributed by atoms with E-state index in [1.54, 1.807) is 37.3 Å². The van der Waals surface area contributed by atoms with Crippen molar-refractivity contribution in [3.63, 3.8) is 0 Å². The predicted molar refractivity (Wildman–Crippen MR) is 79.8 cm³/mol. The number of ether oxygens (including phenoxy) is 4. The molecule has 0 fully saturated rings. The molecule has 0 saturated heterocycles. The molecule has 1 aliphatic heterocycles. The van der Waals surface area contributed by atoms with Gasteiger partial charge in [0.05, 0.1) is 0 Å². The summed E-state index contributed by atoms with van der Waals surface area (Å²) in [6, 6.07) is 12.3. The molecule has 2 aromatic carbocycles. The third-order valence-corrected chi connectivity index (χ3v) is 2.85. The van der Waals surface area contributed by atoms with Crippen molar-refractivity contribution in [2.24, 2.45) is 0 Å². The summed E-state index contributed by atoms with van der Waals surface area (Å²) < 4.78 is 21.6. The number of para-hydroxylation sites is 3. The van der Waals surface area contributed by atoms with Crippen LogP contribution in [0.25, 0.3) is 0 Å². The zero-order valence-corrected chi connectivity index (χ0v) is 12.0. The molecule has 1 aliphatic rings. The molecule has 0 radical (unpaired) electrons. The lowest BCUT2D eigenvalue weighted by molar-refractivity contribution is 0.106. The smallest absolute Gasteiger partial charge is 0.449 e. The zero-order valence-electron chi connectivity index (χ0n) is 12.0. The first-order chi connectivity index (χ1) is 10.6. The topological polar surface area (TPSA) is 54.0 Å². The summed E-state index contributed by atoms with van der Waals surface area (Å²) in [5.74, 6) is 2.22. The average molecular weight is 298 g/mol. The number of carbonyl (C=O) groups excluding carboxylic acids is 1. The van der Waals surface area contributed by atoms with E-state index in [2.05, 4.69) is 6.58 Å². The van der Waals surface area contributed by atoms with Crippen LogP contribution in [-0.4, -0.2) is 12.8 Å². The Hall–Kier alpha value is -2.95. The van der Waals surface area contributed by atoms with Crippen LogP contribution < -0.4 is 14.2 Å². The Labute approximate surface area is 127 Å². The summed E-state index contributed by atoms with van der Waals surface area (Å²) in [6.07, 6.45) is -0.821. The summed E-state index contributed by atoms with van der Waals surface area (Å²) in [4.78, 5) is 11.7. The van der Waals surface area contributed by atoms with Crippen LogP contribution >= 0.6 is 0 Å². The fourth-order valence-corrected chi connectivity index (χ4v) is 1.91. The molecule has 0 aliphatic carbocycles. The number of carbonyl (C=O) groups is 1. The molecular formula is C17H14O5. The van der Waals surface area contributed by atoms with Gasteiger partial charge < -0.3 is 18.9 Å². The molecule has 2 aromatic rings. The van der Waals surface area contributed by atoms with Gasteiger partial charge in [0.25, 0.3) is 0 Å². The van der Waals surface area contributed by atoms with Crippen molar-refractivity contribution in [1.82, 2.24) is 0 Å². The lowest BCUT2D eigenvalue weighted by Gasteiger charge is -2.21. The molecule has 0 aromatic heterocycles. The van der Waals surface area contributed by atoms with Crippen molar-refractivity contribution in [2.45, 2.75) is 6.92 Å². The Morgan fingerprint density at radius 3 is 2.45 bits per heavy atom. The summed E-state index contributed by atoms with van der Waals surface area (Å²) in [5, 5.41) is 0. The Kier molecular flexibility index (Phi) is 3.70. The highest BCUT2D eigenvalue weighted by atomic mass is 16.7. The SMILES string of the molecule is C=C(C)COC(=O)Oc1cccc2c1Oc1ccccc1O2. The summed E-state index contributed by atoms with van der Waals surface area (Å²) in [6.45, 7) is 5.51. The molecule has 0 amide bonds. The van der Waals surface area contributed by atoms with Crippen molar-refractivity contribution in [3.05, 3.63) is 54.6 Å². The Balaban J connectivity index is 1.81. The minimum Gasteiger partial charge on any atom is -0.449 e. The molecule has 5 nitrogen and oxygen atoms in total. The molecule has 5 heteroatoms. The summed E-state index contributed by atoms with van der Waals surface area (Å²) in [7, 11) is 0. The Morgan fingerprint density at radius 2 is 1.73 bits per heavy atom. The van der Waals surface area contributed by atoms with Crippen molar-refractivity contribution in [1.29, 1.82) is 0 Å². The number of hydrogen-bond donors (Lipinski definition) is 0. The summed E-state index contributed by atoms with van der Waals surface area (Å²) in [5.41, 5.74) is 0.723. The van der Waals surface area contributed by atoms with Crippen molar-refractivity contribution in [2.75, 3.05) is 6.61 Å². The molecule has 112 valence electrons. The first-order valence-corrected chi connectivity index (χ1v) is 6.70. The van der Waals surface area contributed by atoms with E-state index in [0.29, 0.717) is 23.0 Å². The van der Waals surface area contributed by atoms with Crippen LogP contribution in [0.3, 0.4) is 0 Å². The minimum absolute atomic E-state index is 0.105. The standard InChI is InChI=1S/C17H14O5/c1-11(2)10-19-17(18)22-15-9-5-8-14-16(15)21-13-7-4-3-6-12(13)20-14/h3-9H,1,10H2,2H3. The van der Waals surface area contributed by atoms with E-state index in [4.69, 9.17) is 18.9 Å². The molecule has 0 spiro atoms. The van der Waals surface area contributed by atoms with E-state index in [0.717, 1.165) is 5.57 Å². The monoisotopic (exact) mass is 298 g/mol. The van der Waals surface area contributed by atoms with Crippen molar-refractivity contribution in [3.8, 4) is 28.7 Å². The predicted octanol–water partition coefficient (Wildman–Crippen LogP) is 4.68. The van der Waals surface area contributed by atoms with Gasteiger partial charge >= 0.3 is 6.16 Å². The van der Waals surface area contributed by atoms with Crippen LogP contribution in [-0.2, 0) is 4.74 Å². The van der Waals surface area contributed by atoms with Gasteiger partial charge in [0, 0.05) is 0 Å². The Bertz CT molecular complexity index is 736.